The van der Waals surface area contributed by atoms with Gasteiger partial charge in [-0.1, -0.05) is 12.8 Å². The summed E-state index contributed by atoms with van der Waals surface area (Å²) in [6, 6.07) is 2.91. The van der Waals surface area contributed by atoms with E-state index in [2.05, 4.69) is 27.4 Å². The quantitative estimate of drug-likeness (QED) is 0.451. The molecule has 1 aromatic rings. The van der Waals surface area contributed by atoms with Crippen molar-refractivity contribution in [3.05, 3.63) is 23.2 Å². The van der Waals surface area contributed by atoms with Crippen LogP contribution in [-0.4, -0.2) is 55.7 Å². The largest absolute Gasteiger partial charge is 0.465 e. The fourth-order valence-electron chi connectivity index (χ4n) is 4.11. The lowest BCUT2D eigenvalue weighted by atomic mass is 10.2. The number of nitrogens with zero attached hydrogens (tertiary/aromatic N) is 2. The number of aryl methyl sites for hydroxylation is 1. The average Bonchev–Trinajstić information content (AvgIpc) is 3.40. The number of esters is 1. The molecule has 1 aliphatic heterocycles. The van der Waals surface area contributed by atoms with E-state index < -0.39 is 0 Å². The number of methoxy groups -OCH3 is 1. The number of likely N-dealkylation sites (tertiary alicyclic amines) is 1. The van der Waals surface area contributed by atoms with Crippen molar-refractivity contribution in [1.29, 1.82) is 0 Å². The van der Waals surface area contributed by atoms with Crippen LogP contribution in [0, 0.1) is 6.92 Å². The normalized spacial score (nSPS) is 21.6. The van der Waals surface area contributed by atoms with Crippen LogP contribution >= 0.6 is 0 Å². The topological polar surface area (TPSA) is 79.1 Å². The first-order valence-electron chi connectivity index (χ1n) is 10.1. The van der Waals surface area contributed by atoms with Gasteiger partial charge in [-0.2, -0.15) is 0 Å². The van der Waals surface area contributed by atoms with E-state index in [0.29, 0.717) is 29.7 Å². The Hall–Kier alpha value is -2.02. The predicted octanol–water partition coefficient (Wildman–Crippen LogP) is 2.45. The van der Waals surface area contributed by atoms with Crippen molar-refractivity contribution in [1.82, 2.24) is 15.5 Å². The van der Waals surface area contributed by atoms with Crippen LogP contribution in [0.5, 0.6) is 0 Å². The molecular formula is C20H32N4O3. The predicted molar refractivity (Wildman–Crippen MR) is 105 cm³/mol. The molecule has 7 heteroatoms. The highest BCUT2D eigenvalue weighted by Gasteiger charge is 2.30. The van der Waals surface area contributed by atoms with Crippen LogP contribution in [0.4, 0.5) is 0 Å². The Kier molecular flexibility index (Phi) is 6.77. The SMILES string of the molecule is CCNC(=NCc1cc(C(=O)OC)c(C)o1)NC1CCN(C2CCCC2)C1. The molecule has 2 aliphatic rings. The van der Waals surface area contributed by atoms with Gasteiger partial charge in [-0.3, -0.25) is 4.90 Å². The molecule has 0 spiro atoms. The van der Waals surface area contributed by atoms with E-state index in [1.165, 1.54) is 39.3 Å². The van der Waals surface area contributed by atoms with Gasteiger partial charge in [0.05, 0.1) is 7.11 Å². The maximum absolute atomic E-state index is 11.7. The molecule has 1 unspecified atom stereocenters. The summed E-state index contributed by atoms with van der Waals surface area (Å²) in [5, 5.41) is 6.87. The molecule has 1 atom stereocenters. The monoisotopic (exact) mass is 376 g/mol. The second kappa shape index (κ2) is 9.26. The number of guanidine groups is 1. The van der Waals surface area contributed by atoms with Gasteiger partial charge in [-0.05, 0) is 39.2 Å². The van der Waals surface area contributed by atoms with Gasteiger partial charge in [0.2, 0.25) is 0 Å². The van der Waals surface area contributed by atoms with E-state index in [1.807, 2.05) is 0 Å². The van der Waals surface area contributed by atoms with Crippen molar-refractivity contribution in [2.45, 2.75) is 64.6 Å². The summed E-state index contributed by atoms with van der Waals surface area (Å²) in [6.07, 6.45) is 6.59. The fourth-order valence-corrected chi connectivity index (χ4v) is 4.11. The second-order valence-electron chi connectivity index (χ2n) is 7.43. The first-order valence-corrected chi connectivity index (χ1v) is 10.1. The number of furan rings is 1. The van der Waals surface area contributed by atoms with Crippen molar-refractivity contribution in [2.75, 3.05) is 26.7 Å². The number of rotatable bonds is 6. The summed E-state index contributed by atoms with van der Waals surface area (Å²) in [4.78, 5) is 19.0. The van der Waals surface area contributed by atoms with Gasteiger partial charge in [0.25, 0.3) is 0 Å². The molecule has 1 aromatic heterocycles. The molecule has 7 nitrogen and oxygen atoms in total. The van der Waals surface area contributed by atoms with Gasteiger partial charge in [-0.15, -0.1) is 0 Å². The molecule has 150 valence electrons. The standard InChI is InChI=1S/C20H32N4O3/c1-4-21-20(22-12-17-11-18(14(2)27-17)19(25)26-3)23-15-9-10-24(13-15)16-7-5-6-8-16/h11,15-16H,4-10,12-13H2,1-3H3,(H2,21,22,23). The molecule has 1 saturated heterocycles. The molecule has 0 amide bonds. The number of nitrogens with one attached hydrogen (secondary N) is 2. The lowest BCUT2D eigenvalue weighted by Gasteiger charge is -2.24. The number of aliphatic imine (C=N–C) groups is 1. The van der Waals surface area contributed by atoms with Gasteiger partial charge in [0.1, 0.15) is 23.6 Å². The van der Waals surface area contributed by atoms with E-state index in [1.54, 1.807) is 13.0 Å². The lowest BCUT2D eigenvalue weighted by molar-refractivity contribution is 0.0599. The van der Waals surface area contributed by atoms with Crippen LogP contribution in [0.1, 0.15) is 60.9 Å². The fraction of sp³-hybridized carbons (Fsp3) is 0.700. The van der Waals surface area contributed by atoms with Crippen LogP contribution in [0.25, 0.3) is 0 Å². The Morgan fingerprint density at radius 3 is 2.85 bits per heavy atom. The summed E-state index contributed by atoms with van der Waals surface area (Å²) in [5.74, 6) is 1.64. The number of carbonyl (C=O) groups is 1. The summed E-state index contributed by atoms with van der Waals surface area (Å²) in [6.45, 7) is 7.26. The number of carbonyl (C=O) groups excluding carboxylic acids is 1. The minimum absolute atomic E-state index is 0.380. The summed E-state index contributed by atoms with van der Waals surface area (Å²) in [5.41, 5.74) is 0.462. The first kappa shape index (κ1) is 19.7. The minimum Gasteiger partial charge on any atom is -0.465 e. The van der Waals surface area contributed by atoms with Gasteiger partial charge in [-0.25, -0.2) is 9.79 Å². The van der Waals surface area contributed by atoms with Crippen LogP contribution in [-0.2, 0) is 11.3 Å². The third-order valence-corrected chi connectivity index (χ3v) is 5.51. The highest BCUT2D eigenvalue weighted by Crippen LogP contribution is 2.26. The summed E-state index contributed by atoms with van der Waals surface area (Å²) < 4.78 is 10.4. The van der Waals surface area contributed by atoms with Gasteiger partial charge in [0.15, 0.2) is 5.96 Å². The van der Waals surface area contributed by atoms with E-state index in [4.69, 9.17) is 9.15 Å². The third kappa shape index (κ3) is 5.03. The molecule has 3 rings (SSSR count). The molecule has 2 fully saturated rings. The average molecular weight is 377 g/mol. The molecule has 0 aromatic carbocycles. The maximum atomic E-state index is 11.7. The molecule has 1 saturated carbocycles. The van der Waals surface area contributed by atoms with Crippen LogP contribution in [0.2, 0.25) is 0 Å². The lowest BCUT2D eigenvalue weighted by Crippen LogP contribution is -2.45. The first-order chi connectivity index (χ1) is 13.1. The second-order valence-corrected chi connectivity index (χ2v) is 7.43. The third-order valence-electron chi connectivity index (χ3n) is 5.51. The van der Waals surface area contributed by atoms with Crippen molar-refractivity contribution in [3.63, 3.8) is 0 Å². The van der Waals surface area contributed by atoms with E-state index in [9.17, 15) is 4.79 Å². The van der Waals surface area contributed by atoms with E-state index >= 15 is 0 Å². The van der Waals surface area contributed by atoms with Crippen LogP contribution in [0.3, 0.4) is 0 Å². The number of ether oxygens (including phenoxy) is 1. The minimum atomic E-state index is -0.380. The van der Waals surface area contributed by atoms with Crippen molar-refractivity contribution < 1.29 is 13.9 Å². The van der Waals surface area contributed by atoms with E-state index in [0.717, 1.165) is 31.5 Å². The van der Waals surface area contributed by atoms with E-state index in [-0.39, 0.29) is 5.97 Å². The van der Waals surface area contributed by atoms with Gasteiger partial charge in [0, 0.05) is 31.7 Å². The number of hydrogen-bond acceptors (Lipinski definition) is 5. The highest BCUT2D eigenvalue weighted by atomic mass is 16.5. The summed E-state index contributed by atoms with van der Waals surface area (Å²) >= 11 is 0. The smallest absolute Gasteiger partial charge is 0.341 e. The maximum Gasteiger partial charge on any atom is 0.341 e. The molecule has 0 radical (unpaired) electrons. The van der Waals surface area contributed by atoms with Crippen molar-refractivity contribution in [3.8, 4) is 0 Å². The van der Waals surface area contributed by atoms with Crippen LogP contribution in [0.15, 0.2) is 15.5 Å². The molecule has 0 bridgehead atoms. The Bertz CT molecular complexity index is 664. The molecule has 27 heavy (non-hydrogen) atoms. The number of hydrogen-bond donors (Lipinski definition) is 2. The Morgan fingerprint density at radius 2 is 2.15 bits per heavy atom. The molecule has 2 heterocycles. The van der Waals surface area contributed by atoms with Crippen molar-refractivity contribution in [2.24, 2.45) is 4.99 Å². The highest BCUT2D eigenvalue weighted by molar-refractivity contribution is 5.90. The molecular weight excluding hydrogens is 344 g/mol. The molecule has 1 aliphatic carbocycles. The Labute approximate surface area is 161 Å². The van der Waals surface area contributed by atoms with Gasteiger partial charge >= 0.3 is 5.97 Å². The zero-order chi connectivity index (χ0) is 19.2. The zero-order valence-electron chi connectivity index (χ0n) is 16.7. The van der Waals surface area contributed by atoms with Gasteiger partial charge < -0.3 is 19.8 Å². The Balaban J connectivity index is 1.57. The van der Waals surface area contributed by atoms with Crippen molar-refractivity contribution >= 4 is 11.9 Å². The van der Waals surface area contributed by atoms with Crippen LogP contribution < -0.4 is 10.6 Å². The Morgan fingerprint density at radius 1 is 1.37 bits per heavy atom. The summed E-state index contributed by atoms with van der Waals surface area (Å²) in [7, 11) is 1.37. The molecule has 2 N–H and O–H groups in total. The zero-order valence-corrected chi connectivity index (χ0v) is 16.7.